The van der Waals surface area contributed by atoms with Crippen LogP contribution in [0.1, 0.15) is 10.4 Å². The zero-order valence-corrected chi connectivity index (χ0v) is 14.4. The van der Waals surface area contributed by atoms with Crippen molar-refractivity contribution in [2.24, 2.45) is 0 Å². The van der Waals surface area contributed by atoms with Gasteiger partial charge in [0.2, 0.25) is 0 Å². The lowest BCUT2D eigenvalue weighted by molar-refractivity contribution is 0.0943. The fourth-order valence-corrected chi connectivity index (χ4v) is 3.47. The monoisotopic (exact) mass is 349 g/mol. The van der Waals surface area contributed by atoms with Crippen molar-refractivity contribution in [2.45, 2.75) is 0 Å². The van der Waals surface area contributed by atoms with Gasteiger partial charge in [0, 0.05) is 11.1 Å². The molecule has 0 fully saturated rings. The van der Waals surface area contributed by atoms with E-state index in [1.807, 2.05) is 42.5 Å². The maximum atomic E-state index is 12.6. The number of nitrogens with zero attached hydrogens (tertiary/aromatic N) is 3. The summed E-state index contributed by atoms with van der Waals surface area (Å²) in [5.41, 5.74) is 2.23. The van der Waals surface area contributed by atoms with Crippen LogP contribution in [0.4, 0.5) is 0 Å². The van der Waals surface area contributed by atoms with Gasteiger partial charge in [-0.15, -0.1) is 5.10 Å². The predicted molar refractivity (Wildman–Crippen MR) is 107 cm³/mol. The van der Waals surface area contributed by atoms with Crippen LogP contribution in [0.5, 0.6) is 0 Å². The third-order valence-electron chi connectivity index (χ3n) is 4.77. The molecule has 0 unspecified atom stereocenters. The predicted octanol–water partition coefficient (Wildman–Crippen LogP) is 4.94. The van der Waals surface area contributed by atoms with Gasteiger partial charge in [0.25, 0.3) is 5.91 Å². The van der Waals surface area contributed by atoms with Gasteiger partial charge in [0.1, 0.15) is 5.69 Å². The van der Waals surface area contributed by atoms with Crippen LogP contribution >= 0.6 is 0 Å². The summed E-state index contributed by atoms with van der Waals surface area (Å²) in [4.78, 5) is 12.6. The van der Waals surface area contributed by atoms with Crippen molar-refractivity contribution < 1.29 is 4.79 Å². The summed E-state index contributed by atoms with van der Waals surface area (Å²) in [7, 11) is 0. The lowest BCUT2D eigenvalue weighted by Gasteiger charge is -2.08. The average molecular weight is 349 g/mol. The van der Waals surface area contributed by atoms with Crippen molar-refractivity contribution in [3.8, 4) is 11.3 Å². The van der Waals surface area contributed by atoms with Gasteiger partial charge in [0.05, 0.1) is 6.20 Å². The van der Waals surface area contributed by atoms with Gasteiger partial charge in [-0.3, -0.25) is 4.79 Å². The van der Waals surface area contributed by atoms with E-state index >= 15 is 0 Å². The normalized spacial score (nSPS) is 11.1. The van der Waals surface area contributed by atoms with Crippen molar-refractivity contribution in [3.63, 3.8) is 0 Å². The molecule has 0 radical (unpaired) electrons. The summed E-state index contributed by atoms with van der Waals surface area (Å²) in [6.07, 6.45) is 1.70. The van der Waals surface area contributed by atoms with Gasteiger partial charge in [-0.25, -0.2) is 0 Å². The van der Waals surface area contributed by atoms with Crippen LogP contribution in [-0.2, 0) is 0 Å². The van der Waals surface area contributed by atoms with Crippen LogP contribution in [0.25, 0.3) is 32.8 Å². The number of carbonyl (C=O) groups excluding carboxylic acids is 1. The van der Waals surface area contributed by atoms with Crippen LogP contribution in [0.2, 0.25) is 0 Å². The standard InChI is InChI=1S/C23H15N3O/c27-23(16-8-2-1-3-9-16)26-15-22(24-25-26)21-14-17-10-4-5-11-18(17)19-12-6-7-13-20(19)21/h1-15H. The summed E-state index contributed by atoms with van der Waals surface area (Å²) >= 11 is 0. The Labute approximate surface area is 155 Å². The molecule has 128 valence electrons. The lowest BCUT2D eigenvalue weighted by atomic mass is 9.96. The van der Waals surface area contributed by atoms with Crippen molar-refractivity contribution in [2.75, 3.05) is 0 Å². The first-order valence-electron chi connectivity index (χ1n) is 8.74. The minimum Gasteiger partial charge on any atom is -0.267 e. The van der Waals surface area contributed by atoms with Crippen LogP contribution in [0.15, 0.2) is 91.1 Å². The van der Waals surface area contributed by atoms with Gasteiger partial charge in [-0.05, 0) is 39.7 Å². The molecule has 0 saturated carbocycles. The summed E-state index contributed by atoms with van der Waals surface area (Å²) in [6, 6.07) is 27.7. The SMILES string of the molecule is O=C(c1ccccc1)n1cc(-c2cc3ccccc3c3ccccc23)nn1. The molecule has 0 amide bonds. The molecule has 5 rings (SSSR count). The van der Waals surface area contributed by atoms with Crippen molar-refractivity contribution in [3.05, 3.63) is 96.7 Å². The van der Waals surface area contributed by atoms with E-state index in [1.54, 1.807) is 18.3 Å². The maximum absolute atomic E-state index is 12.6. The smallest absolute Gasteiger partial charge is 0.267 e. The number of benzene rings is 4. The molecule has 4 nitrogen and oxygen atoms in total. The van der Waals surface area contributed by atoms with E-state index in [2.05, 4.69) is 40.6 Å². The third kappa shape index (κ3) is 2.59. The highest BCUT2D eigenvalue weighted by atomic mass is 16.2. The van der Waals surface area contributed by atoms with Gasteiger partial charge < -0.3 is 0 Å². The summed E-state index contributed by atoms with van der Waals surface area (Å²) in [6.45, 7) is 0. The summed E-state index contributed by atoms with van der Waals surface area (Å²) in [5, 5.41) is 12.9. The number of hydrogen-bond donors (Lipinski definition) is 0. The van der Waals surface area contributed by atoms with E-state index in [0.717, 1.165) is 21.7 Å². The first-order valence-corrected chi connectivity index (χ1v) is 8.74. The minimum absolute atomic E-state index is 0.195. The van der Waals surface area contributed by atoms with E-state index in [4.69, 9.17) is 0 Å². The molecule has 0 N–H and O–H groups in total. The van der Waals surface area contributed by atoms with Crippen LogP contribution in [-0.4, -0.2) is 20.9 Å². The second-order valence-electron chi connectivity index (χ2n) is 6.41. The van der Waals surface area contributed by atoms with Gasteiger partial charge in [-0.2, -0.15) is 4.68 Å². The van der Waals surface area contributed by atoms with E-state index < -0.39 is 0 Å². The molecule has 0 aliphatic heterocycles. The Morgan fingerprint density at radius 3 is 2.22 bits per heavy atom. The molecule has 0 bridgehead atoms. The number of carbonyl (C=O) groups is 1. The number of aromatic nitrogens is 3. The fourth-order valence-electron chi connectivity index (χ4n) is 3.47. The molecule has 0 spiro atoms. The molecular weight excluding hydrogens is 334 g/mol. The van der Waals surface area contributed by atoms with Crippen LogP contribution in [0.3, 0.4) is 0 Å². The molecule has 0 saturated heterocycles. The molecule has 4 aromatic carbocycles. The Balaban J connectivity index is 1.68. The lowest BCUT2D eigenvalue weighted by Crippen LogP contribution is -2.12. The molecule has 0 aliphatic rings. The Kier molecular flexibility index (Phi) is 3.54. The number of hydrogen-bond acceptors (Lipinski definition) is 3. The van der Waals surface area contributed by atoms with E-state index in [-0.39, 0.29) is 5.91 Å². The Hall–Kier alpha value is -3.79. The van der Waals surface area contributed by atoms with Crippen molar-refractivity contribution >= 4 is 27.5 Å². The van der Waals surface area contributed by atoms with E-state index in [9.17, 15) is 4.79 Å². The van der Waals surface area contributed by atoms with E-state index in [0.29, 0.717) is 11.3 Å². The van der Waals surface area contributed by atoms with Crippen LogP contribution in [0, 0.1) is 0 Å². The second-order valence-corrected chi connectivity index (χ2v) is 6.41. The third-order valence-corrected chi connectivity index (χ3v) is 4.77. The number of fused-ring (bicyclic) bond motifs is 3. The molecule has 5 aromatic rings. The Morgan fingerprint density at radius 2 is 1.41 bits per heavy atom. The molecule has 4 heteroatoms. The molecule has 27 heavy (non-hydrogen) atoms. The fraction of sp³-hybridized carbons (Fsp3) is 0. The molecule has 0 aliphatic carbocycles. The first kappa shape index (κ1) is 15.5. The highest BCUT2D eigenvalue weighted by molar-refractivity contribution is 6.13. The first-order chi connectivity index (χ1) is 13.3. The Morgan fingerprint density at radius 1 is 0.741 bits per heavy atom. The largest absolute Gasteiger partial charge is 0.279 e. The highest BCUT2D eigenvalue weighted by Crippen LogP contribution is 2.33. The van der Waals surface area contributed by atoms with E-state index in [1.165, 1.54) is 10.1 Å². The molecule has 0 atom stereocenters. The number of rotatable bonds is 2. The van der Waals surface area contributed by atoms with Crippen LogP contribution < -0.4 is 0 Å². The van der Waals surface area contributed by atoms with Crippen molar-refractivity contribution in [1.29, 1.82) is 0 Å². The second kappa shape index (κ2) is 6.18. The zero-order chi connectivity index (χ0) is 18.2. The zero-order valence-electron chi connectivity index (χ0n) is 14.4. The summed E-state index contributed by atoms with van der Waals surface area (Å²) in [5.74, 6) is -0.195. The van der Waals surface area contributed by atoms with Gasteiger partial charge in [-0.1, -0.05) is 71.9 Å². The van der Waals surface area contributed by atoms with Gasteiger partial charge in [0.15, 0.2) is 0 Å². The topological polar surface area (TPSA) is 47.8 Å². The average Bonchev–Trinajstić information content (AvgIpc) is 3.23. The molecule has 1 heterocycles. The highest BCUT2D eigenvalue weighted by Gasteiger charge is 2.14. The Bertz CT molecular complexity index is 1290. The van der Waals surface area contributed by atoms with Crippen molar-refractivity contribution in [1.82, 2.24) is 15.0 Å². The minimum atomic E-state index is -0.195. The van der Waals surface area contributed by atoms with Gasteiger partial charge >= 0.3 is 0 Å². The summed E-state index contributed by atoms with van der Waals surface area (Å²) < 4.78 is 1.30. The molecular formula is C23H15N3O. The molecule has 1 aromatic heterocycles. The maximum Gasteiger partial charge on any atom is 0.279 e. The quantitative estimate of drug-likeness (QED) is 0.424.